The molecule has 1 aliphatic heterocycles. The van der Waals surface area contributed by atoms with Gasteiger partial charge in [-0.05, 0) is 59.4 Å². The summed E-state index contributed by atoms with van der Waals surface area (Å²) in [5, 5.41) is 0.655. The summed E-state index contributed by atoms with van der Waals surface area (Å²) in [5.74, 6) is 1.18. The molecule has 2 heterocycles. The normalized spacial score (nSPS) is 15.9. The quantitative estimate of drug-likeness (QED) is 0.225. The van der Waals surface area contributed by atoms with Crippen molar-refractivity contribution in [3.63, 3.8) is 0 Å². The van der Waals surface area contributed by atoms with Gasteiger partial charge in [0, 0.05) is 16.1 Å². The first-order valence-corrected chi connectivity index (χ1v) is 15.0. The van der Waals surface area contributed by atoms with E-state index in [1.54, 1.807) is 7.11 Å². The largest absolute Gasteiger partial charge is 0.493 e. The van der Waals surface area contributed by atoms with Crippen molar-refractivity contribution in [3.8, 4) is 11.5 Å². The fourth-order valence-corrected chi connectivity index (χ4v) is 6.96. The van der Waals surface area contributed by atoms with Gasteiger partial charge >= 0.3 is 0 Å². The maximum Gasteiger partial charge on any atom is 0.271 e. The number of rotatable bonds is 6. The predicted molar refractivity (Wildman–Crippen MR) is 168 cm³/mol. The van der Waals surface area contributed by atoms with Crippen LogP contribution in [0.3, 0.4) is 0 Å². The van der Waals surface area contributed by atoms with Gasteiger partial charge in [0.2, 0.25) is 0 Å². The van der Waals surface area contributed by atoms with Crippen molar-refractivity contribution in [2.75, 3.05) is 7.11 Å². The Kier molecular flexibility index (Phi) is 7.02. The number of fused-ring (bicyclic) bond motifs is 3. The Labute approximate surface area is 252 Å². The molecule has 0 fully saturated rings. The van der Waals surface area contributed by atoms with Gasteiger partial charge in [0.1, 0.15) is 6.61 Å². The van der Waals surface area contributed by atoms with Crippen molar-refractivity contribution >= 4 is 34.7 Å². The molecule has 0 amide bonds. The Morgan fingerprint density at radius 2 is 1.74 bits per heavy atom. The van der Waals surface area contributed by atoms with Crippen LogP contribution in [0.25, 0.3) is 11.8 Å². The number of halogens is 1. The van der Waals surface area contributed by atoms with E-state index < -0.39 is 0 Å². The van der Waals surface area contributed by atoms with E-state index in [0.29, 0.717) is 32.5 Å². The van der Waals surface area contributed by atoms with Gasteiger partial charge in [-0.25, -0.2) is 4.99 Å². The molecule has 0 N–H and O–H groups in total. The maximum atomic E-state index is 14.0. The summed E-state index contributed by atoms with van der Waals surface area (Å²) in [4.78, 5) is 19.8. The van der Waals surface area contributed by atoms with Crippen LogP contribution in [0.5, 0.6) is 11.5 Å². The lowest BCUT2D eigenvalue weighted by atomic mass is 9.83. The number of methoxy groups -OCH3 is 1. The van der Waals surface area contributed by atoms with Gasteiger partial charge in [0.25, 0.3) is 5.56 Å². The first-order valence-electron chi connectivity index (χ1n) is 13.8. The summed E-state index contributed by atoms with van der Waals surface area (Å²) in [6.45, 7) is 0.321. The first kappa shape index (κ1) is 26.5. The van der Waals surface area contributed by atoms with E-state index in [1.165, 1.54) is 22.5 Å². The van der Waals surface area contributed by atoms with E-state index in [4.69, 9.17) is 26.1 Å². The Bertz CT molecular complexity index is 2030. The summed E-state index contributed by atoms with van der Waals surface area (Å²) in [6, 6.07) is 31.8. The predicted octanol–water partition coefficient (Wildman–Crippen LogP) is 6.56. The van der Waals surface area contributed by atoms with E-state index in [-0.39, 0.29) is 11.6 Å². The smallest absolute Gasteiger partial charge is 0.271 e. The first-order chi connectivity index (χ1) is 20.6. The molecule has 0 radical (unpaired) electrons. The summed E-state index contributed by atoms with van der Waals surface area (Å²) in [7, 11) is 1.61. The van der Waals surface area contributed by atoms with E-state index in [1.807, 2.05) is 71.3 Å². The highest BCUT2D eigenvalue weighted by Gasteiger charge is 2.32. The van der Waals surface area contributed by atoms with Crippen LogP contribution in [0.1, 0.15) is 40.3 Å². The van der Waals surface area contributed by atoms with Crippen LogP contribution in [0.15, 0.2) is 112 Å². The Balaban J connectivity index is 1.30. The highest BCUT2D eigenvalue weighted by atomic mass is 35.5. The second-order valence-corrected chi connectivity index (χ2v) is 11.7. The molecule has 2 aliphatic rings. The van der Waals surface area contributed by atoms with Gasteiger partial charge in [-0.2, -0.15) is 0 Å². The molecule has 1 atom stereocenters. The number of aromatic nitrogens is 1. The summed E-state index contributed by atoms with van der Waals surface area (Å²) < 4.78 is 14.2. The molecule has 1 aromatic heterocycles. The highest BCUT2D eigenvalue weighted by molar-refractivity contribution is 7.07. The lowest BCUT2D eigenvalue weighted by Crippen LogP contribution is -2.38. The molecule has 0 unspecified atom stereocenters. The Morgan fingerprint density at radius 3 is 2.57 bits per heavy atom. The number of aryl methyl sites for hydroxylation is 1. The third-order valence-electron chi connectivity index (χ3n) is 7.81. The maximum absolute atomic E-state index is 14.0. The number of allylic oxidation sites excluding steroid dienone is 1. The van der Waals surface area contributed by atoms with Crippen LogP contribution in [-0.2, 0) is 13.0 Å². The fourth-order valence-electron chi connectivity index (χ4n) is 5.77. The van der Waals surface area contributed by atoms with Crippen molar-refractivity contribution in [1.82, 2.24) is 4.57 Å². The fraction of sp³-hybridized carbons (Fsp3) is 0.143. The summed E-state index contributed by atoms with van der Waals surface area (Å²) in [5.41, 5.74) is 7.44. The van der Waals surface area contributed by atoms with Gasteiger partial charge in [0.15, 0.2) is 16.3 Å². The van der Waals surface area contributed by atoms with Crippen LogP contribution >= 0.6 is 22.9 Å². The molecule has 42 heavy (non-hydrogen) atoms. The third-order valence-corrected chi connectivity index (χ3v) is 9.17. The van der Waals surface area contributed by atoms with Crippen LogP contribution in [0.2, 0.25) is 5.02 Å². The van der Waals surface area contributed by atoms with Crippen LogP contribution < -0.4 is 24.4 Å². The van der Waals surface area contributed by atoms with E-state index in [2.05, 4.69) is 36.4 Å². The second kappa shape index (κ2) is 11.1. The van der Waals surface area contributed by atoms with Gasteiger partial charge in [0.05, 0.1) is 23.4 Å². The minimum Gasteiger partial charge on any atom is -0.493 e. The monoisotopic (exact) mass is 590 g/mol. The lowest BCUT2D eigenvalue weighted by Gasteiger charge is -2.30. The van der Waals surface area contributed by atoms with Gasteiger partial charge in [-0.15, -0.1) is 0 Å². The van der Waals surface area contributed by atoms with Crippen molar-refractivity contribution < 1.29 is 9.47 Å². The molecule has 5 nitrogen and oxygen atoms in total. The number of hydrogen-bond acceptors (Lipinski definition) is 5. The van der Waals surface area contributed by atoms with Gasteiger partial charge < -0.3 is 9.47 Å². The minimum absolute atomic E-state index is 0.0453. The van der Waals surface area contributed by atoms with Crippen molar-refractivity contribution in [3.05, 3.63) is 155 Å². The minimum atomic E-state index is -0.192. The molecule has 0 bridgehead atoms. The molecule has 0 spiro atoms. The van der Waals surface area contributed by atoms with E-state index in [9.17, 15) is 4.79 Å². The topological polar surface area (TPSA) is 52.8 Å². The van der Waals surface area contributed by atoms with Crippen molar-refractivity contribution in [2.45, 2.75) is 25.5 Å². The van der Waals surface area contributed by atoms with Crippen LogP contribution in [0.4, 0.5) is 0 Å². The standard InChI is InChI=1S/C35H27ClN2O3S/c1-40-30-19-22(15-18-29(30)41-21-25-12-6-8-14-28(25)36)20-31-34(39)38-33(24-10-3-2-4-11-24)27-17-16-23-9-5-7-13-26(23)32(27)37-35(38)42-31/h2-15,18-20,33H,16-17,21H2,1H3/b31-20+/t33-/m0/s1. The molecule has 208 valence electrons. The molecule has 5 aromatic rings. The molecule has 4 aromatic carbocycles. The Hall–Kier alpha value is -4.39. The molecular formula is C35H27ClN2O3S. The molecule has 7 rings (SSSR count). The van der Waals surface area contributed by atoms with E-state index >= 15 is 0 Å². The Morgan fingerprint density at radius 1 is 0.952 bits per heavy atom. The second-order valence-electron chi connectivity index (χ2n) is 10.3. The lowest BCUT2D eigenvalue weighted by molar-refractivity contribution is 0.284. The number of ether oxygens (including phenoxy) is 2. The zero-order valence-corrected chi connectivity index (χ0v) is 24.5. The molecular weight excluding hydrogens is 564 g/mol. The number of hydrogen-bond donors (Lipinski definition) is 0. The van der Waals surface area contributed by atoms with E-state index in [0.717, 1.165) is 40.8 Å². The zero-order chi connectivity index (χ0) is 28.6. The average Bonchev–Trinajstić information content (AvgIpc) is 3.34. The number of thiazole rings is 1. The van der Waals surface area contributed by atoms with Gasteiger partial charge in [-0.1, -0.05) is 102 Å². The third kappa shape index (κ3) is 4.77. The molecule has 7 heteroatoms. The molecule has 1 aliphatic carbocycles. The molecule has 0 saturated carbocycles. The van der Waals surface area contributed by atoms with Gasteiger partial charge in [-0.3, -0.25) is 9.36 Å². The van der Waals surface area contributed by atoms with Crippen LogP contribution in [-0.4, -0.2) is 11.7 Å². The van der Waals surface area contributed by atoms with Crippen molar-refractivity contribution in [2.24, 2.45) is 4.99 Å². The highest BCUT2D eigenvalue weighted by Crippen LogP contribution is 2.41. The summed E-state index contributed by atoms with van der Waals surface area (Å²) in [6.07, 6.45) is 3.71. The average molecular weight is 591 g/mol. The van der Waals surface area contributed by atoms with Crippen molar-refractivity contribution in [1.29, 1.82) is 0 Å². The summed E-state index contributed by atoms with van der Waals surface area (Å²) >= 11 is 7.71. The number of nitrogens with zero attached hydrogens (tertiary/aromatic N) is 2. The zero-order valence-electron chi connectivity index (χ0n) is 22.9. The number of benzene rings is 4. The van der Waals surface area contributed by atoms with Crippen LogP contribution in [0, 0.1) is 0 Å². The SMILES string of the molecule is COc1cc(/C=c2/sc3n(c2=O)[C@@H](c2ccccc2)C2=C(N=3)c3ccccc3CC2)ccc1OCc1ccccc1Cl. The molecule has 0 saturated heterocycles.